The molecule has 0 aromatic heterocycles. The number of aryl methyl sites for hydroxylation is 1. The predicted molar refractivity (Wildman–Crippen MR) is 130 cm³/mol. The Balaban J connectivity index is 1.40. The number of rotatable bonds is 13. The molecule has 4 atom stereocenters. The van der Waals surface area contributed by atoms with Gasteiger partial charge in [0.2, 0.25) is 0 Å². The van der Waals surface area contributed by atoms with E-state index in [4.69, 9.17) is 14.6 Å². The Hall–Kier alpha value is -2.50. The fraction of sp³-hybridized carbons (Fsp3) is 0.483. The van der Waals surface area contributed by atoms with Gasteiger partial charge in [-0.25, -0.2) is 4.39 Å². The maximum Gasteiger partial charge on any atom is 0.303 e. The predicted octanol–water partition coefficient (Wildman–Crippen LogP) is 6.20. The summed E-state index contributed by atoms with van der Waals surface area (Å²) < 4.78 is 26.3. The van der Waals surface area contributed by atoms with Crippen LogP contribution in [-0.2, 0) is 27.3 Å². The van der Waals surface area contributed by atoms with Gasteiger partial charge in [0, 0.05) is 23.3 Å². The lowest BCUT2D eigenvalue weighted by Gasteiger charge is -2.39. The molecule has 2 aromatic rings. The molecule has 34 heavy (non-hydrogen) atoms. The first-order chi connectivity index (χ1) is 16.6. The fourth-order valence-electron chi connectivity index (χ4n) is 5.74. The molecule has 4 nitrogen and oxygen atoms in total. The number of fused-ring (bicyclic) bond motifs is 2. The van der Waals surface area contributed by atoms with E-state index in [2.05, 4.69) is 36.4 Å². The van der Waals surface area contributed by atoms with Gasteiger partial charge in [0.05, 0.1) is 25.9 Å². The van der Waals surface area contributed by atoms with Gasteiger partial charge in [0.1, 0.15) is 5.82 Å². The Labute approximate surface area is 201 Å². The van der Waals surface area contributed by atoms with Crippen LogP contribution in [-0.4, -0.2) is 30.4 Å². The molecule has 2 bridgehead atoms. The summed E-state index contributed by atoms with van der Waals surface area (Å²) in [5.74, 6) is -0.260. The highest BCUT2D eigenvalue weighted by Crippen LogP contribution is 2.57. The maximum absolute atomic E-state index is 14.0. The average Bonchev–Trinajstić information content (AvgIpc) is 3.39. The first-order valence-electron chi connectivity index (χ1n) is 12.4. The van der Waals surface area contributed by atoms with E-state index >= 15 is 0 Å². The number of aliphatic carboxylic acids is 1. The molecule has 0 unspecified atom stereocenters. The number of halogens is 1. The van der Waals surface area contributed by atoms with Crippen molar-refractivity contribution in [1.82, 2.24) is 0 Å². The van der Waals surface area contributed by atoms with Gasteiger partial charge in [-0.05, 0) is 56.1 Å². The molecule has 1 heterocycles. The van der Waals surface area contributed by atoms with E-state index in [1.54, 1.807) is 12.1 Å². The molecule has 1 saturated heterocycles. The number of carbonyl (C=O) groups is 1. The van der Waals surface area contributed by atoms with E-state index in [0.717, 1.165) is 38.7 Å². The Kier molecular flexibility index (Phi) is 8.52. The summed E-state index contributed by atoms with van der Waals surface area (Å²) in [4.78, 5) is 10.8. The van der Waals surface area contributed by atoms with E-state index in [9.17, 15) is 9.18 Å². The Morgan fingerprint density at radius 1 is 1.15 bits per heavy atom. The lowest BCUT2D eigenvalue weighted by molar-refractivity contribution is -0.137. The van der Waals surface area contributed by atoms with Crippen LogP contribution in [0.3, 0.4) is 0 Å². The first-order valence-corrected chi connectivity index (χ1v) is 12.4. The third-order valence-electron chi connectivity index (χ3n) is 7.57. The van der Waals surface area contributed by atoms with Gasteiger partial charge in [-0.3, -0.25) is 4.79 Å². The molecule has 182 valence electrons. The van der Waals surface area contributed by atoms with Crippen LogP contribution in [0.15, 0.2) is 66.7 Å². The van der Waals surface area contributed by atoms with E-state index in [1.807, 2.05) is 12.1 Å². The number of ether oxygens (including phenoxy) is 2. The van der Waals surface area contributed by atoms with Gasteiger partial charge >= 0.3 is 5.97 Å². The van der Waals surface area contributed by atoms with Crippen LogP contribution >= 0.6 is 0 Å². The zero-order valence-electron chi connectivity index (χ0n) is 19.7. The van der Waals surface area contributed by atoms with Crippen molar-refractivity contribution in [2.75, 3.05) is 13.2 Å². The summed E-state index contributed by atoms with van der Waals surface area (Å²) in [5.41, 5.74) is 2.06. The smallest absolute Gasteiger partial charge is 0.303 e. The summed E-state index contributed by atoms with van der Waals surface area (Å²) in [7, 11) is 0. The van der Waals surface area contributed by atoms with Gasteiger partial charge in [0.15, 0.2) is 0 Å². The Morgan fingerprint density at radius 3 is 2.74 bits per heavy atom. The van der Waals surface area contributed by atoms with Crippen LogP contribution in [0.4, 0.5) is 4.39 Å². The minimum Gasteiger partial charge on any atom is -0.481 e. The monoisotopic (exact) mass is 466 g/mol. The second-order valence-corrected chi connectivity index (χ2v) is 9.77. The third-order valence-corrected chi connectivity index (χ3v) is 7.57. The summed E-state index contributed by atoms with van der Waals surface area (Å²) in [6, 6.07) is 17.4. The van der Waals surface area contributed by atoms with Crippen molar-refractivity contribution in [3.05, 3.63) is 83.7 Å². The third kappa shape index (κ3) is 6.13. The summed E-state index contributed by atoms with van der Waals surface area (Å²) in [6.07, 6.45) is 10.3. The highest BCUT2D eigenvalue weighted by Gasteiger charge is 2.57. The van der Waals surface area contributed by atoms with Gasteiger partial charge in [-0.15, -0.1) is 0 Å². The molecule has 0 spiro atoms. The summed E-state index contributed by atoms with van der Waals surface area (Å²) in [5, 5.41) is 8.84. The minimum atomic E-state index is -0.745. The van der Waals surface area contributed by atoms with Gasteiger partial charge in [-0.1, -0.05) is 60.7 Å². The molecule has 0 radical (unpaired) electrons. The molecule has 1 aliphatic heterocycles. The molecule has 0 amide bonds. The molecule has 2 aromatic carbocycles. The van der Waals surface area contributed by atoms with E-state index in [-0.39, 0.29) is 36.3 Å². The maximum atomic E-state index is 14.0. The standard InChI is InChI=1S/C29H35FO4/c30-26-14-9-8-12-23(26)19-33-20-24-25(13-6-1-2-7-15-28(31)32)29(18-27(24)34-21-29)17-16-22-10-4-3-5-11-22/h1,3-6,8-12,14,24-25,27H,2,7,13,15-21H2,(H,31,32)/b6-1-/t24-,25-,27-,29-/m1/s1. The zero-order chi connectivity index (χ0) is 23.8. The van der Waals surface area contributed by atoms with E-state index in [0.29, 0.717) is 24.5 Å². The van der Waals surface area contributed by atoms with Gasteiger partial charge in [0.25, 0.3) is 0 Å². The van der Waals surface area contributed by atoms with Crippen LogP contribution < -0.4 is 0 Å². The van der Waals surface area contributed by atoms with Crippen molar-refractivity contribution in [1.29, 1.82) is 0 Å². The number of carboxylic acids is 1. The number of hydrogen-bond acceptors (Lipinski definition) is 3. The molecular weight excluding hydrogens is 431 g/mol. The quantitative estimate of drug-likeness (QED) is 0.282. The van der Waals surface area contributed by atoms with Gasteiger partial charge < -0.3 is 14.6 Å². The van der Waals surface area contributed by atoms with Crippen molar-refractivity contribution in [3.8, 4) is 0 Å². The molecule has 5 heteroatoms. The first kappa shape index (κ1) is 24.6. The van der Waals surface area contributed by atoms with Crippen LogP contribution in [0.25, 0.3) is 0 Å². The molecule has 1 saturated carbocycles. The normalized spacial score (nSPS) is 25.9. The number of unbranched alkanes of at least 4 members (excludes halogenated alkanes) is 1. The molecular formula is C29H35FO4. The number of allylic oxidation sites excluding steroid dienone is 2. The second-order valence-electron chi connectivity index (χ2n) is 9.77. The Morgan fingerprint density at radius 2 is 1.94 bits per heavy atom. The zero-order valence-corrected chi connectivity index (χ0v) is 19.7. The minimum absolute atomic E-state index is 0.123. The largest absolute Gasteiger partial charge is 0.481 e. The van der Waals surface area contributed by atoms with E-state index in [1.165, 1.54) is 11.6 Å². The Bertz CT molecular complexity index is 960. The van der Waals surface area contributed by atoms with Crippen molar-refractivity contribution >= 4 is 5.97 Å². The van der Waals surface area contributed by atoms with Gasteiger partial charge in [-0.2, -0.15) is 0 Å². The molecule has 4 rings (SSSR count). The number of carboxylic acid groups (broad SMARTS) is 1. The van der Waals surface area contributed by atoms with Crippen LogP contribution in [0, 0.1) is 23.1 Å². The molecule has 1 N–H and O–H groups in total. The SMILES string of the molecule is O=C(O)CCC/C=C\C[C@@H]1[C@@H](COCc2ccccc2F)[C@H]2C[C@]1(CCc1ccccc1)CO2. The van der Waals surface area contributed by atoms with Crippen molar-refractivity contribution in [3.63, 3.8) is 0 Å². The van der Waals surface area contributed by atoms with Crippen molar-refractivity contribution in [2.45, 2.75) is 57.7 Å². The summed E-state index contributed by atoms with van der Waals surface area (Å²) in [6.45, 7) is 1.61. The molecule has 2 aliphatic rings. The topological polar surface area (TPSA) is 55.8 Å². The van der Waals surface area contributed by atoms with E-state index < -0.39 is 5.97 Å². The van der Waals surface area contributed by atoms with Crippen LogP contribution in [0.1, 0.15) is 49.7 Å². The lowest BCUT2D eigenvalue weighted by atomic mass is 9.70. The highest BCUT2D eigenvalue weighted by atomic mass is 19.1. The van der Waals surface area contributed by atoms with Crippen molar-refractivity contribution < 1.29 is 23.8 Å². The van der Waals surface area contributed by atoms with Crippen LogP contribution in [0.2, 0.25) is 0 Å². The second kappa shape index (κ2) is 11.8. The average molecular weight is 467 g/mol. The fourth-order valence-corrected chi connectivity index (χ4v) is 5.74. The lowest BCUT2D eigenvalue weighted by Crippen LogP contribution is -2.38. The molecule has 1 aliphatic carbocycles. The van der Waals surface area contributed by atoms with Crippen molar-refractivity contribution in [2.24, 2.45) is 17.3 Å². The summed E-state index contributed by atoms with van der Waals surface area (Å²) >= 11 is 0. The highest BCUT2D eigenvalue weighted by molar-refractivity contribution is 5.66. The number of hydrogen-bond donors (Lipinski definition) is 1. The van der Waals surface area contributed by atoms with Crippen LogP contribution in [0.5, 0.6) is 0 Å². The molecule has 2 fully saturated rings. The number of benzene rings is 2.